The van der Waals surface area contributed by atoms with Crippen LogP contribution in [0.4, 0.5) is 0 Å². The number of hydrogen-bond donors (Lipinski definition) is 0. The molecular weight excluding hydrogens is 351 g/mol. The first-order chi connectivity index (χ1) is 9.71. The van der Waals surface area contributed by atoms with Gasteiger partial charge in [-0.05, 0) is 6.92 Å². The summed E-state index contributed by atoms with van der Waals surface area (Å²) < 4.78 is 1.83. The maximum atomic E-state index is 12.3. The monoisotopic (exact) mass is 374 g/mol. The Labute approximate surface area is 158 Å². The fourth-order valence-electron chi connectivity index (χ4n) is 2.10. The minimum absolute atomic E-state index is 0. The molecule has 0 fully saturated rings. The van der Waals surface area contributed by atoms with Gasteiger partial charge in [0.1, 0.15) is 5.43 Å². The molecule has 0 saturated carbocycles. The van der Waals surface area contributed by atoms with Crippen LogP contribution in [0.5, 0.6) is 0 Å². The quantitative estimate of drug-likeness (QED) is 0.591. The van der Waals surface area contributed by atoms with Crippen LogP contribution in [0.25, 0.3) is 10.9 Å². The molecule has 0 aliphatic carbocycles. The summed E-state index contributed by atoms with van der Waals surface area (Å²) in [5, 5.41) is 0.518. The number of fused-ring (bicyclic) bond motifs is 1. The van der Waals surface area contributed by atoms with Gasteiger partial charge in [-0.3, -0.25) is 4.79 Å². The summed E-state index contributed by atoms with van der Waals surface area (Å²) in [6, 6.07) is 6.74. The molecule has 0 aliphatic heterocycles. The number of ketones is 1. The van der Waals surface area contributed by atoms with E-state index in [9.17, 15) is 9.59 Å². The van der Waals surface area contributed by atoms with Gasteiger partial charge in [-0.25, -0.2) is 0 Å². The number of carbonyl (C=O) groups is 1. The molecule has 4 heteroatoms. The number of pyridine rings is 1. The second-order valence-corrected chi connectivity index (χ2v) is 5.55. The van der Waals surface area contributed by atoms with Crippen molar-refractivity contribution in [3.63, 3.8) is 0 Å². The van der Waals surface area contributed by atoms with Crippen LogP contribution < -0.4 is 5.43 Å². The van der Waals surface area contributed by atoms with Gasteiger partial charge >= 0.3 is 0 Å². The average Bonchev–Trinajstić information content (AvgIpc) is 2.40. The topological polar surface area (TPSA) is 39.1 Å². The van der Waals surface area contributed by atoms with Gasteiger partial charge in [0.2, 0.25) is 0 Å². The Kier molecular flexibility index (Phi) is 7.87. The van der Waals surface area contributed by atoms with Crippen molar-refractivity contribution in [2.75, 3.05) is 0 Å². The fraction of sp³-hybridized carbons (Fsp3) is 0.389. The van der Waals surface area contributed by atoms with Crippen molar-refractivity contribution in [2.24, 2.45) is 0 Å². The molecule has 1 aromatic carbocycles. The zero-order valence-electron chi connectivity index (χ0n) is 14.3. The number of hydrogen-bond acceptors (Lipinski definition) is 2. The second-order valence-electron chi connectivity index (χ2n) is 5.55. The molecular formula is C18H23NO2Y-2. The molecule has 0 amide bonds. The SMILES string of the molecule is CC.[CH2-]C(C)(C)n1cc(C(C)=O)c(=O)c2cc(C)c[c-]c21.[Y]. The van der Waals surface area contributed by atoms with Crippen LogP contribution in [0.15, 0.2) is 23.1 Å². The summed E-state index contributed by atoms with van der Waals surface area (Å²) in [5.74, 6) is -0.230. The van der Waals surface area contributed by atoms with Gasteiger partial charge < -0.3 is 16.3 Å². The van der Waals surface area contributed by atoms with Gasteiger partial charge in [0.25, 0.3) is 0 Å². The molecule has 1 aromatic heterocycles. The van der Waals surface area contributed by atoms with Crippen molar-refractivity contribution in [3.8, 4) is 0 Å². The molecule has 2 aromatic rings. The Bertz CT molecular complexity index is 724. The van der Waals surface area contributed by atoms with Crippen molar-refractivity contribution in [2.45, 2.75) is 47.1 Å². The maximum Gasteiger partial charge on any atom is 0.164 e. The van der Waals surface area contributed by atoms with E-state index < -0.39 is 5.54 Å². The molecule has 117 valence electrons. The van der Waals surface area contributed by atoms with E-state index in [-0.39, 0.29) is 49.5 Å². The third-order valence-electron chi connectivity index (χ3n) is 3.08. The molecule has 22 heavy (non-hydrogen) atoms. The van der Waals surface area contributed by atoms with Crippen LogP contribution in [-0.2, 0) is 38.2 Å². The first-order valence-corrected chi connectivity index (χ1v) is 7.16. The standard InChI is InChI=1S/C16H17NO2.C2H6.Y/c1-10-6-7-14-12(8-10)15(19)13(11(2)18)9-17(14)16(3,4)5;1-2;/h6,8-9H,3H2,1-2,4-5H3;1-2H3;/q-2;;. The van der Waals surface area contributed by atoms with E-state index in [2.05, 4.69) is 13.0 Å². The Morgan fingerprint density at radius 2 is 1.86 bits per heavy atom. The Morgan fingerprint density at radius 3 is 2.32 bits per heavy atom. The van der Waals surface area contributed by atoms with E-state index >= 15 is 0 Å². The second kappa shape index (κ2) is 8.17. The first-order valence-electron chi connectivity index (χ1n) is 7.16. The molecule has 0 bridgehead atoms. The van der Waals surface area contributed by atoms with Crippen LogP contribution in [0.1, 0.15) is 50.5 Å². The van der Waals surface area contributed by atoms with Crippen LogP contribution >= 0.6 is 0 Å². The van der Waals surface area contributed by atoms with Gasteiger partial charge in [0.05, 0.1) is 5.56 Å². The molecule has 0 aliphatic rings. The molecule has 0 atom stereocenters. The number of rotatable bonds is 2. The normalized spacial score (nSPS) is 10.5. The fourth-order valence-corrected chi connectivity index (χ4v) is 2.10. The van der Waals surface area contributed by atoms with Crippen molar-refractivity contribution >= 4 is 16.7 Å². The zero-order valence-corrected chi connectivity index (χ0v) is 17.1. The molecule has 2 rings (SSSR count). The average molecular weight is 374 g/mol. The van der Waals surface area contributed by atoms with Crippen LogP contribution in [0.3, 0.4) is 0 Å². The molecule has 0 unspecified atom stereocenters. The minimum Gasteiger partial charge on any atom is -0.394 e. The number of carbonyl (C=O) groups excluding carboxylic acids is 1. The minimum atomic E-state index is -0.470. The summed E-state index contributed by atoms with van der Waals surface area (Å²) in [6.45, 7) is 15.2. The Balaban J connectivity index is 0.00000141. The first kappa shape index (κ1) is 21.2. The number of Topliss-reactive ketones (excluding diaryl/α,β-unsaturated/α-hetero) is 1. The van der Waals surface area contributed by atoms with Crippen LogP contribution in [0.2, 0.25) is 0 Å². The number of benzene rings is 1. The Morgan fingerprint density at radius 1 is 1.32 bits per heavy atom. The van der Waals surface area contributed by atoms with E-state index in [1.807, 2.05) is 45.3 Å². The summed E-state index contributed by atoms with van der Waals surface area (Å²) in [6.07, 6.45) is 1.59. The molecule has 1 heterocycles. The molecule has 0 N–H and O–H groups in total. The van der Waals surface area contributed by atoms with Crippen molar-refractivity contribution < 1.29 is 37.5 Å². The van der Waals surface area contributed by atoms with Gasteiger partial charge in [-0.15, -0.1) is 0 Å². The third-order valence-corrected chi connectivity index (χ3v) is 3.08. The molecule has 1 radical (unpaired) electrons. The predicted molar refractivity (Wildman–Crippen MR) is 87.8 cm³/mol. The predicted octanol–water partition coefficient (Wildman–Crippen LogP) is 3.91. The summed E-state index contributed by atoms with van der Waals surface area (Å²) in [7, 11) is 0. The van der Waals surface area contributed by atoms with Gasteiger partial charge in [0, 0.05) is 38.9 Å². The molecule has 3 nitrogen and oxygen atoms in total. The van der Waals surface area contributed by atoms with Gasteiger partial charge in [-0.1, -0.05) is 51.1 Å². The van der Waals surface area contributed by atoms with Crippen LogP contribution in [-0.4, -0.2) is 10.4 Å². The maximum absolute atomic E-state index is 12.3. The Hall–Kier alpha value is -0.796. The van der Waals surface area contributed by atoms with E-state index in [1.165, 1.54) is 6.92 Å². The van der Waals surface area contributed by atoms with E-state index in [0.29, 0.717) is 10.9 Å². The van der Waals surface area contributed by atoms with E-state index in [4.69, 9.17) is 0 Å². The number of aryl methyl sites for hydroxylation is 1. The van der Waals surface area contributed by atoms with E-state index in [0.717, 1.165) is 5.56 Å². The van der Waals surface area contributed by atoms with Gasteiger partial charge in [0.15, 0.2) is 5.78 Å². The van der Waals surface area contributed by atoms with Crippen molar-refractivity contribution in [1.82, 2.24) is 4.57 Å². The summed E-state index contributed by atoms with van der Waals surface area (Å²) in [5.41, 5.74) is 1.12. The van der Waals surface area contributed by atoms with Crippen LogP contribution in [0, 0.1) is 19.9 Å². The smallest absolute Gasteiger partial charge is 0.164 e. The molecule has 0 saturated heterocycles. The molecule has 0 spiro atoms. The summed E-state index contributed by atoms with van der Waals surface area (Å²) in [4.78, 5) is 24.0. The number of nitrogens with zero attached hydrogens (tertiary/aromatic N) is 1. The number of aromatic nitrogens is 1. The third kappa shape index (κ3) is 4.36. The van der Waals surface area contributed by atoms with Crippen molar-refractivity contribution in [3.05, 3.63) is 52.7 Å². The van der Waals surface area contributed by atoms with Crippen molar-refractivity contribution in [1.29, 1.82) is 0 Å². The summed E-state index contributed by atoms with van der Waals surface area (Å²) >= 11 is 0. The largest absolute Gasteiger partial charge is 0.394 e. The van der Waals surface area contributed by atoms with Gasteiger partial charge in [-0.2, -0.15) is 23.8 Å². The zero-order chi connectivity index (χ0) is 16.4. The van der Waals surface area contributed by atoms with E-state index in [1.54, 1.807) is 12.3 Å².